The number of rotatable bonds is 4. The van der Waals surface area contributed by atoms with Crippen molar-refractivity contribution in [2.75, 3.05) is 18.4 Å². The number of nitrogens with one attached hydrogen (secondary N) is 2. The molecule has 3 aromatic rings. The summed E-state index contributed by atoms with van der Waals surface area (Å²) in [5.41, 5.74) is 1.20. The summed E-state index contributed by atoms with van der Waals surface area (Å²) >= 11 is 0. The SMILES string of the molecule is CC1(C(=O)Nc2cc3cc[nH]c3cc2F)CCN(Cc2cocn2)C1.O=CO. The zero-order valence-electron chi connectivity index (χ0n) is 15.3. The van der Waals surface area contributed by atoms with Gasteiger partial charge < -0.3 is 19.8 Å². The van der Waals surface area contributed by atoms with E-state index in [-0.39, 0.29) is 18.1 Å². The molecule has 0 bridgehead atoms. The Labute approximate surface area is 160 Å². The van der Waals surface area contributed by atoms with Crippen molar-refractivity contribution >= 4 is 29.0 Å². The number of likely N-dealkylation sites (tertiary alicyclic amines) is 1. The number of carboxylic acid groups (broad SMARTS) is 1. The number of carbonyl (C=O) groups excluding carboxylic acids is 1. The van der Waals surface area contributed by atoms with Gasteiger partial charge in [-0.05, 0) is 32.0 Å². The Balaban J connectivity index is 0.000000706. The van der Waals surface area contributed by atoms with Gasteiger partial charge in [0.1, 0.15) is 12.1 Å². The van der Waals surface area contributed by atoms with E-state index >= 15 is 0 Å². The zero-order valence-corrected chi connectivity index (χ0v) is 15.3. The van der Waals surface area contributed by atoms with Crippen molar-refractivity contribution in [1.29, 1.82) is 0 Å². The smallest absolute Gasteiger partial charge is 0.290 e. The number of nitrogens with zero attached hydrogens (tertiary/aromatic N) is 2. The van der Waals surface area contributed by atoms with Crippen LogP contribution in [0.1, 0.15) is 19.0 Å². The number of anilines is 1. The van der Waals surface area contributed by atoms with Crippen molar-refractivity contribution in [2.45, 2.75) is 19.9 Å². The summed E-state index contributed by atoms with van der Waals surface area (Å²) < 4.78 is 19.2. The Morgan fingerprint density at radius 2 is 2.32 bits per heavy atom. The Morgan fingerprint density at radius 3 is 3.04 bits per heavy atom. The first-order valence-corrected chi connectivity index (χ1v) is 8.70. The quantitative estimate of drug-likeness (QED) is 0.593. The molecular formula is C19H21FN4O4. The van der Waals surface area contributed by atoms with Gasteiger partial charge in [0.15, 0.2) is 6.39 Å². The highest BCUT2D eigenvalue weighted by molar-refractivity contribution is 5.97. The highest BCUT2D eigenvalue weighted by Gasteiger charge is 2.40. The third kappa shape index (κ3) is 4.20. The van der Waals surface area contributed by atoms with Crippen molar-refractivity contribution in [1.82, 2.24) is 14.9 Å². The maximum absolute atomic E-state index is 14.2. The molecule has 1 unspecified atom stereocenters. The molecule has 3 N–H and O–H groups in total. The number of carbonyl (C=O) groups is 2. The average molecular weight is 388 g/mol. The van der Waals surface area contributed by atoms with Crippen molar-refractivity contribution in [3.63, 3.8) is 0 Å². The van der Waals surface area contributed by atoms with Crippen LogP contribution < -0.4 is 5.32 Å². The van der Waals surface area contributed by atoms with Crippen LogP contribution in [0.5, 0.6) is 0 Å². The van der Waals surface area contributed by atoms with Crippen LogP contribution in [0.4, 0.5) is 10.1 Å². The summed E-state index contributed by atoms with van der Waals surface area (Å²) in [6, 6.07) is 4.91. The van der Waals surface area contributed by atoms with E-state index in [1.165, 1.54) is 12.5 Å². The van der Waals surface area contributed by atoms with Crippen LogP contribution in [0.3, 0.4) is 0 Å². The maximum atomic E-state index is 14.2. The predicted octanol–water partition coefficient (Wildman–Crippen LogP) is 2.85. The van der Waals surface area contributed by atoms with Gasteiger partial charge in [0.05, 0.1) is 16.8 Å². The largest absolute Gasteiger partial charge is 0.483 e. The lowest BCUT2D eigenvalue weighted by molar-refractivity contribution is -0.124. The molecular weight excluding hydrogens is 367 g/mol. The fraction of sp³-hybridized carbons (Fsp3) is 0.316. The van der Waals surface area contributed by atoms with Crippen LogP contribution in [-0.4, -0.2) is 45.4 Å². The van der Waals surface area contributed by atoms with Crippen LogP contribution in [0.2, 0.25) is 0 Å². The lowest BCUT2D eigenvalue weighted by Crippen LogP contribution is -2.36. The van der Waals surface area contributed by atoms with Crippen molar-refractivity contribution in [3.8, 4) is 0 Å². The molecule has 1 fully saturated rings. The topological polar surface area (TPSA) is 111 Å². The van der Waals surface area contributed by atoms with E-state index in [1.807, 2.05) is 13.0 Å². The Hall–Kier alpha value is -3.20. The van der Waals surface area contributed by atoms with Gasteiger partial charge in [0, 0.05) is 36.3 Å². The second kappa shape index (κ2) is 8.22. The number of H-pyrrole nitrogens is 1. The molecule has 28 heavy (non-hydrogen) atoms. The third-order valence-electron chi connectivity index (χ3n) is 4.86. The Bertz CT molecular complexity index is 956. The van der Waals surface area contributed by atoms with Gasteiger partial charge >= 0.3 is 0 Å². The maximum Gasteiger partial charge on any atom is 0.290 e. The number of amides is 1. The molecule has 1 saturated heterocycles. The lowest BCUT2D eigenvalue weighted by Gasteiger charge is -2.23. The standard InChI is InChI=1S/C18H19FN4O2.CH2O2/c1-18(3-5-23(10-18)8-13-9-25-11-21-13)17(24)22-16-6-12-2-4-20-15(12)7-14(16)19;2-1-3/h2,4,6-7,9,11,20H,3,5,8,10H2,1H3,(H,22,24);1H,(H,2,3). The van der Waals surface area contributed by atoms with E-state index in [1.54, 1.807) is 18.5 Å². The van der Waals surface area contributed by atoms with E-state index in [4.69, 9.17) is 14.3 Å². The molecule has 0 spiro atoms. The molecule has 148 valence electrons. The first kappa shape index (κ1) is 19.6. The van der Waals surface area contributed by atoms with Gasteiger partial charge in [-0.15, -0.1) is 0 Å². The molecule has 0 aliphatic carbocycles. The minimum Gasteiger partial charge on any atom is -0.483 e. The first-order chi connectivity index (χ1) is 13.4. The van der Waals surface area contributed by atoms with Crippen LogP contribution in [0.15, 0.2) is 41.5 Å². The summed E-state index contributed by atoms with van der Waals surface area (Å²) in [5.74, 6) is -0.603. The van der Waals surface area contributed by atoms with Crippen molar-refractivity contribution < 1.29 is 23.5 Å². The van der Waals surface area contributed by atoms with Crippen LogP contribution in [0, 0.1) is 11.2 Å². The van der Waals surface area contributed by atoms with Crippen molar-refractivity contribution in [2.24, 2.45) is 5.41 Å². The third-order valence-corrected chi connectivity index (χ3v) is 4.86. The highest BCUT2D eigenvalue weighted by Crippen LogP contribution is 2.33. The number of aromatic amines is 1. The van der Waals surface area contributed by atoms with Gasteiger partial charge in [0.2, 0.25) is 5.91 Å². The number of hydrogen-bond donors (Lipinski definition) is 3. The lowest BCUT2D eigenvalue weighted by atomic mass is 9.88. The van der Waals surface area contributed by atoms with Gasteiger partial charge in [0.25, 0.3) is 6.47 Å². The highest BCUT2D eigenvalue weighted by atomic mass is 19.1. The van der Waals surface area contributed by atoms with E-state index in [2.05, 4.69) is 20.2 Å². The Kier molecular flexibility index (Phi) is 5.74. The summed E-state index contributed by atoms with van der Waals surface area (Å²) in [5, 5.41) is 10.5. The van der Waals surface area contributed by atoms with Gasteiger partial charge in [-0.25, -0.2) is 9.37 Å². The minimum absolute atomic E-state index is 0.163. The van der Waals surface area contributed by atoms with Gasteiger partial charge in [-0.3, -0.25) is 14.5 Å². The molecule has 1 aliphatic heterocycles. The second-order valence-corrected chi connectivity index (χ2v) is 6.96. The molecule has 9 heteroatoms. The normalized spacial score (nSPS) is 19.2. The minimum atomic E-state index is -0.566. The number of aromatic nitrogens is 2. The molecule has 1 amide bonds. The molecule has 0 radical (unpaired) electrons. The van der Waals surface area contributed by atoms with Gasteiger partial charge in [-0.1, -0.05) is 0 Å². The molecule has 1 aliphatic rings. The summed E-state index contributed by atoms with van der Waals surface area (Å²) in [7, 11) is 0. The number of hydrogen-bond acceptors (Lipinski definition) is 5. The summed E-state index contributed by atoms with van der Waals surface area (Å²) in [6.07, 6.45) is 5.47. The molecule has 2 aromatic heterocycles. The average Bonchev–Trinajstić information content (AvgIpc) is 3.39. The number of fused-ring (bicyclic) bond motifs is 1. The first-order valence-electron chi connectivity index (χ1n) is 8.70. The van der Waals surface area contributed by atoms with Crippen LogP contribution in [-0.2, 0) is 16.1 Å². The fourth-order valence-corrected chi connectivity index (χ4v) is 3.36. The second-order valence-electron chi connectivity index (χ2n) is 6.96. The summed E-state index contributed by atoms with van der Waals surface area (Å²) in [6.45, 7) is 3.69. The van der Waals surface area contributed by atoms with E-state index in [0.29, 0.717) is 25.0 Å². The van der Waals surface area contributed by atoms with E-state index in [0.717, 1.165) is 17.6 Å². The zero-order chi connectivity index (χ0) is 20.1. The van der Waals surface area contributed by atoms with E-state index in [9.17, 15) is 9.18 Å². The molecule has 1 aromatic carbocycles. The van der Waals surface area contributed by atoms with Crippen molar-refractivity contribution in [3.05, 3.63) is 48.6 Å². The monoisotopic (exact) mass is 388 g/mol. The summed E-state index contributed by atoms with van der Waals surface area (Å²) in [4.78, 5) is 30.4. The van der Waals surface area contributed by atoms with Crippen LogP contribution >= 0.6 is 0 Å². The predicted molar refractivity (Wildman–Crippen MR) is 100 cm³/mol. The molecule has 8 nitrogen and oxygen atoms in total. The van der Waals surface area contributed by atoms with Crippen LogP contribution in [0.25, 0.3) is 10.9 Å². The van der Waals surface area contributed by atoms with E-state index < -0.39 is 11.2 Å². The number of halogens is 1. The molecule has 1 atom stereocenters. The molecule has 3 heterocycles. The number of benzene rings is 1. The van der Waals surface area contributed by atoms with Gasteiger partial charge in [-0.2, -0.15) is 0 Å². The fourth-order valence-electron chi connectivity index (χ4n) is 3.36. The Morgan fingerprint density at radius 1 is 1.54 bits per heavy atom. The molecule has 0 saturated carbocycles. The number of oxazole rings is 1. The molecule has 4 rings (SSSR count).